The number of halogens is 2. The molecule has 0 aromatic heterocycles. The van der Waals surface area contributed by atoms with E-state index < -0.39 is 0 Å². The highest BCUT2D eigenvalue weighted by Gasteiger charge is 2.20. The lowest BCUT2D eigenvalue weighted by Crippen LogP contribution is -2.17. The van der Waals surface area contributed by atoms with Crippen molar-refractivity contribution in [3.63, 3.8) is 0 Å². The fourth-order valence-electron chi connectivity index (χ4n) is 2.09. The van der Waals surface area contributed by atoms with Crippen molar-refractivity contribution in [1.29, 1.82) is 0 Å². The highest BCUT2D eigenvalue weighted by molar-refractivity contribution is 6.30. The zero-order valence-electron chi connectivity index (χ0n) is 8.76. The third-order valence-electron chi connectivity index (χ3n) is 3.16. The van der Waals surface area contributed by atoms with Gasteiger partial charge >= 0.3 is 0 Å². The Morgan fingerprint density at radius 1 is 1.33 bits per heavy atom. The van der Waals surface area contributed by atoms with Gasteiger partial charge in [0.15, 0.2) is 0 Å². The van der Waals surface area contributed by atoms with Crippen LogP contribution in [-0.4, -0.2) is 5.38 Å². The Bertz CT molecular complexity index is 318. The minimum Gasteiger partial charge on any atom is -0.123 e. The van der Waals surface area contributed by atoms with Crippen LogP contribution in [0.2, 0.25) is 5.02 Å². The fraction of sp³-hybridized carbons (Fsp3) is 0.538. The van der Waals surface area contributed by atoms with E-state index in [4.69, 9.17) is 23.2 Å². The van der Waals surface area contributed by atoms with E-state index in [1.807, 2.05) is 18.2 Å². The van der Waals surface area contributed by atoms with Crippen LogP contribution < -0.4 is 0 Å². The van der Waals surface area contributed by atoms with E-state index in [1.165, 1.54) is 24.8 Å². The van der Waals surface area contributed by atoms with Crippen LogP contribution in [0.15, 0.2) is 24.3 Å². The summed E-state index contributed by atoms with van der Waals surface area (Å²) in [5.74, 6) is 0.881. The maximum absolute atomic E-state index is 6.33. The first-order valence-electron chi connectivity index (χ1n) is 5.62. The average molecular weight is 243 g/mol. The minimum atomic E-state index is 0.272. The van der Waals surface area contributed by atoms with Crippen molar-refractivity contribution in [1.82, 2.24) is 0 Å². The molecule has 0 heterocycles. The molecule has 0 N–H and O–H groups in total. The minimum absolute atomic E-state index is 0.272. The van der Waals surface area contributed by atoms with E-state index in [-0.39, 0.29) is 5.38 Å². The summed E-state index contributed by atoms with van der Waals surface area (Å²) < 4.78 is 0. The molecule has 0 radical (unpaired) electrons. The molecule has 1 aromatic rings. The van der Waals surface area contributed by atoms with Gasteiger partial charge in [-0.05, 0) is 36.5 Å². The lowest BCUT2D eigenvalue weighted by atomic mass is 9.81. The Labute approximate surface area is 102 Å². The number of rotatable bonds is 4. The standard InChI is InChI=1S/C13H16Cl2/c14-12-6-2-5-11(8-12)9-13(15)7-10-3-1-4-10/h2,5-6,8,10,13H,1,3-4,7,9H2. The first-order valence-corrected chi connectivity index (χ1v) is 6.44. The molecule has 1 saturated carbocycles. The maximum atomic E-state index is 6.33. The first-order chi connectivity index (χ1) is 7.24. The first kappa shape index (κ1) is 11.3. The summed E-state index contributed by atoms with van der Waals surface area (Å²) in [7, 11) is 0. The summed E-state index contributed by atoms with van der Waals surface area (Å²) in [5, 5.41) is 1.08. The summed E-state index contributed by atoms with van der Waals surface area (Å²) >= 11 is 12.3. The average Bonchev–Trinajstić information content (AvgIpc) is 2.11. The number of alkyl halides is 1. The molecule has 0 bridgehead atoms. The maximum Gasteiger partial charge on any atom is 0.0408 e. The van der Waals surface area contributed by atoms with Gasteiger partial charge in [0, 0.05) is 10.4 Å². The lowest BCUT2D eigenvalue weighted by Gasteiger charge is -2.27. The van der Waals surface area contributed by atoms with Gasteiger partial charge in [0.2, 0.25) is 0 Å². The molecule has 0 amide bonds. The SMILES string of the molecule is Clc1cccc(CC(Cl)CC2CCC2)c1. The molecule has 82 valence electrons. The molecule has 1 unspecified atom stereocenters. The Balaban J connectivity index is 1.84. The van der Waals surface area contributed by atoms with Crippen LogP contribution in [0.4, 0.5) is 0 Å². The van der Waals surface area contributed by atoms with Crippen molar-refractivity contribution in [2.24, 2.45) is 5.92 Å². The van der Waals surface area contributed by atoms with Crippen LogP contribution >= 0.6 is 23.2 Å². The van der Waals surface area contributed by atoms with Crippen molar-refractivity contribution in [3.05, 3.63) is 34.9 Å². The quantitative estimate of drug-likeness (QED) is 0.673. The van der Waals surface area contributed by atoms with Gasteiger partial charge in [-0.2, -0.15) is 0 Å². The third-order valence-corrected chi connectivity index (χ3v) is 3.73. The van der Waals surface area contributed by atoms with Crippen molar-refractivity contribution in [2.45, 2.75) is 37.5 Å². The smallest absolute Gasteiger partial charge is 0.0408 e. The van der Waals surface area contributed by atoms with E-state index in [0.717, 1.165) is 23.8 Å². The van der Waals surface area contributed by atoms with Gasteiger partial charge in [0.25, 0.3) is 0 Å². The molecule has 15 heavy (non-hydrogen) atoms. The highest BCUT2D eigenvalue weighted by Crippen LogP contribution is 2.32. The van der Waals surface area contributed by atoms with Gasteiger partial charge in [-0.25, -0.2) is 0 Å². The van der Waals surface area contributed by atoms with E-state index in [9.17, 15) is 0 Å². The van der Waals surface area contributed by atoms with E-state index in [2.05, 4.69) is 6.07 Å². The van der Waals surface area contributed by atoms with Crippen LogP contribution in [0.3, 0.4) is 0 Å². The molecule has 0 spiro atoms. The normalized spacial score (nSPS) is 18.5. The second-order valence-electron chi connectivity index (χ2n) is 4.46. The van der Waals surface area contributed by atoms with Crippen molar-refractivity contribution in [3.8, 4) is 0 Å². The number of benzene rings is 1. The molecule has 0 saturated heterocycles. The monoisotopic (exact) mass is 242 g/mol. The van der Waals surface area contributed by atoms with Gasteiger partial charge in [-0.3, -0.25) is 0 Å². The van der Waals surface area contributed by atoms with E-state index in [1.54, 1.807) is 0 Å². The second-order valence-corrected chi connectivity index (χ2v) is 5.52. The Morgan fingerprint density at radius 3 is 2.73 bits per heavy atom. The zero-order valence-corrected chi connectivity index (χ0v) is 10.3. The van der Waals surface area contributed by atoms with Gasteiger partial charge in [0.1, 0.15) is 0 Å². The number of hydrogen-bond donors (Lipinski definition) is 0. The second kappa shape index (κ2) is 5.23. The van der Waals surface area contributed by atoms with Crippen LogP contribution in [0.25, 0.3) is 0 Å². The Morgan fingerprint density at radius 2 is 2.13 bits per heavy atom. The Hall–Kier alpha value is -0.200. The number of hydrogen-bond acceptors (Lipinski definition) is 0. The fourth-order valence-corrected chi connectivity index (χ4v) is 2.74. The van der Waals surface area contributed by atoms with Crippen LogP contribution in [0.5, 0.6) is 0 Å². The molecular weight excluding hydrogens is 227 g/mol. The lowest BCUT2D eigenvalue weighted by molar-refractivity contribution is 0.292. The van der Waals surface area contributed by atoms with Crippen molar-refractivity contribution >= 4 is 23.2 Å². The molecular formula is C13H16Cl2. The van der Waals surface area contributed by atoms with E-state index >= 15 is 0 Å². The molecule has 2 rings (SSSR count). The molecule has 2 heteroatoms. The Kier molecular flexibility index (Phi) is 3.93. The summed E-state index contributed by atoms with van der Waals surface area (Å²) in [6.07, 6.45) is 6.25. The van der Waals surface area contributed by atoms with Gasteiger partial charge < -0.3 is 0 Å². The van der Waals surface area contributed by atoms with Gasteiger partial charge in [-0.1, -0.05) is 43.0 Å². The highest BCUT2D eigenvalue weighted by atomic mass is 35.5. The summed E-state index contributed by atoms with van der Waals surface area (Å²) in [6, 6.07) is 8.00. The molecule has 0 aliphatic heterocycles. The molecule has 0 nitrogen and oxygen atoms in total. The van der Waals surface area contributed by atoms with Gasteiger partial charge in [-0.15, -0.1) is 11.6 Å². The predicted octanol–water partition coefficient (Wildman–Crippen LogP) is 4.68. The summed E-state index contributed by atoms with van der Waals surface area (Å²) in [4.78, 5) is 0. The van der Waals surface area contributed by atoms with Crippen LogP contribution in [-0.2, 0) is 6.42 Å². The van der Waals surface area contributed by atoms with Crippen LogP contribution in [0, 0.1) is 5.92 Å². The third kappa shape index (κ3) is 3.39. The molecule has 1 fully saturated rings. The molecule has 1 aliphatic carbocycles. The van der Waals surface area contributed by atoms with Crippen molar-refractivity contribution < 1.29 is 0 Å². The molecule has 1 aliphatic rings. The zero-order chi connectivity index (χ0) is 10.7. The topological polar surface area (TPSA) is 0 Å². The summed E-state index contributed by atoms with van der Waals surface area (Å²) in [5.41, 5.74) is 1.25. The van der Waals surface area contributed by atoms with Gasteiger partial charge in [0.05, 0.1) is 0 Å². The molecule has 1 atom stereocenters. The van der Waals surface area contributed by atoms with E-state index in [0.29, 0.717) is 0 Å². The van der Waals surface area contributed by atoms with Crippen molar-refractivity contribution in [2.75, 3.05) is 0 Å². The van der Waals surface area contributed by atoms with Crippen LogP contribution in [0.1, 0.15) is 31.2 Å². The largest absolute Gasteiger partial charge is 0.123 e. The molecule has 1 aromatic carbocycles. The predicted molar refractivity (Wildman–Crippen MR) is 66.8 cm³/mol. The summed E-state index contributed by atoms with van der Waals surface area (Å²) in [6.45, 7) is 0.